The van der Waals surface area contributed by atoms with Crippen molar-refractivity contribution in [1.82, 2.24) is 0 Å². The van der Waals surface area contributed by atoms with Crippen LogP contribution >= 0.6 is 0 Å². The van der Waals surface area contributed by atoms with Crippen molar-refractivity contribution in [2.45, 2.75) is 13.3 Å². The highest BCUT2D eigenvalue weighted by Gasteiger charge is 2.10. The molecule has 0 bridgehead atoms. The molecular formula is C16H16N2O2. The third-order valence-corrected chi connectivity index (χ3v) is 2.83. The molecule has 1 aliphatic rings. The van der Waals surface area contributed by atoms with Crippen LogP contribution in [0.3, 0.4) is 0 Å². The first-order valence-electron chi connectivity index (χ1n) is 6.29. The fraction of sp³-hybridized carbons (Fsp3) is 0.125. The lowest BCUT2D eigenvalue weighted by Gasteiger charge is -2.09. The second kappa shape index (κ2) is 6.52. The molecule has 0 fully saturated rings. The minimum absolute atomic E-state index is 0.363. The van der Waals surface area contributed by atoms with E-state index in [9.17, 15) is 4.79 Å². The van der Waals surface area contributed by atoms with Crippen molar-refractivity contribution in [3.8, 4) is 0 Å². The van der Waals surface area contributed by atoms with Crippen molar-refractivity contribution in [2.24, 2.45) is 10.9 Å². The molecule has 4 heteroatoms. The van der Waals surface area contributed by atoms with Gasteiger partial charge in [-0.25, -0.2) is 4.79 Å². The van der Waals surface area contributed by atoms with Crippen molar-refractivity contribution < 1.29 is 9.53 Å². The van der Waals surface area contributed by atoms with Gasteiger partial charge >= 0.3 is 5.97 Å². The number of nitrogens with zero attached hydrogens (tertiary/aromatic N) is 1. The second-order valence-electron chi connectivity index (χ2n) is 4.39. The number of carbonyl (C=O) groups is 1. The van der Waals surface area contributed by atoms with Crippen LogP contribution in [0.4, 0.5) is 0 Å². The van der Waals surface area contributed by atoms with Crippen molar-refractivity contribution in [3.63, 3.8) is 0 Å². The van der Waals surface area contributed by atoms with E-state index in [4.69, 9.17) is 10.6 Å². The van der Waals surface area contributed by atoms with Crippen LogP contribution < -0.4 is 5.84 Å². The Morgan fingerprint density at radius 2 is 2.05 bits per heavy atom. The smallest absolute Gasteiger partial charge is 0.339 e. The predicted octanol–water partition coefficient (Wildman–Crippen LogP) is 2.79. The summed E-state index contributed by atoms with van der Waals surface area (Å²) in [6.07, 6.45) is 7.56. The number of rotatable bonds is 3. The molecule has 2 N–H and O–H groups in total. The number of esters is 1. The van der Waals surface area contributed by atoms with Crippen LogP contribution in [0.25, 0.3) is 6.08 Å². The number of ether oxygens (including phenoxy) is 1. The maximum atomic E-state index is 11.9. The highest BCUT2D eigenvalue weighted by Crippen LogP contribution is 2.13. The molecule has 0 amide bonds. The van der Waals surface area contributed by atoms with Gasteiger partial charge in [-0.2, -0.15) is 5.10 Å². The highest BCUT2D eigenvalue weighted by molar-refractivity contribution is 5.98. The minimum Gasteiger partial charge on any atom is -0.424 e. The molecule has 0 radical (unpaired) electrons. The van der Waals surface area contributed by atoms with E-state index in [-0.39, 0.29) is 5.97 Å². The van der Waals surface area contributed by atoms with Crippen molar-refractivity contribution in [3.05, 3.63) is 65.5 Å². The standard InChI is InChI=1S/C16H16N2O2/c1-12(11-13-5-3-2-4-6-13)16(19)20-15-9-7-14(18-17)8-10-15/h2-7,9-11H,8,17H2,1H3. The van der Waals surface area contributed by atoms with Gasteiger partial charge in [0.1, 0.15) is 5.76 Å². The van der Waals surface area contributed by atoms with Gasteiger partial charge < -0.3 is 10.6 Å². The zero-order valence-corrected chi connectivity index (χ0v) is 11.2. The summed E-state index contributed by atoms with van der Waals surface area (Å²) in [7, 11) is 0. The molecule has 1 aromatic rings. The molecule has 102 valence electrons. The number of hydrazone groups is 1. The van der Waals surface area contributed by atoms with Gasteiger partial charge in [0.05, 0.1) is 5.71 Å². The normalized spacial score (nSPS) is 16.9. The summed E-state index contributed by atoms with van der Waals surface area (Å²) >= 11 is 0. The third-order valence-electron chi connectivity index (χ3n) is 2.83. The number of allylic oxidation sites excluding steroid dienone is 3. The Morgan fingerprint density at radius 1 is 1.30 bits per heavy atom. The highest BCUT2D eigenvalue weighted by atomic mass is 16.5. The maximum Gasteiger partial charge on any atom is 0.339 e. The average Bonchev–Trinajstić information content (AvgIpc) is 2.49. The fourth-order valence-corrected chi connectivity index (χ4v) is 1.74. The first-order valence-corrected chi connectivity index (χ1v) is 6.29. The molecule has 0 heterocycles. The summed E-state index contributed by atoms with van der Waals surface area (Å²) < 4.78 is 5.29. The van der Waals surface area contributed by atoms with Crippen molar-refractivity contribution >= 4 is 17.8 Å². The van der Waals surface area contributed by atoms with Crippen LogP contribution in [0.2, 0.25) is 0 Å². The predicted molar refractivity (Wildman–Crippen MR) is 79.6 cm³/mol. The summed E-state index contributed by atoms with van der Waals surface area (Å²) in [5.74, 6) is 5.33. The number of benzene rings is 1. The Morgan fingerprint density at radius 3 is 2.65 bits per heavy atom. The van der Waals surface area contributed by atoms with Crippen LogP contribution in [0.5, 0.6) is 0 Å². The Hall–Kier alpha value is -2.62. The molecule has 0 atom stereocenters. The van der Waals surface area contributed by atoms with Crippen LogP contribution in [-0.4, -0.2) is 11.7 Å². The second-order valence-corrected chi connectivity index (χ2v) is 4.39. The zero-order chi connectivity index (χ0) is 14.4. The van der Waals surface area contributed by atoms with Gasteiger partial charge in [-0.1, -0.05) is 30.3 Å². The first kappa shape index (κ1) is 13.8. The van der Waals surface area contributed by atoms with Gasteiger partial charge in [-0.05, 0) is 36.8 Å². The van der Waals surface area contributed by atoms with Crippen LogP contribution in [0.1, 0.15) is 18.9 Å². The van der Waals surface area contributed by atoms with Crippen LogP contribution in [0.15, 0.2) is 65.0 Å². The SMILES string of the molecule is CC(=Cc1ccccc1)C(=O)OC1=CCC(=NN)C=C1. The first-order chi connectivity index (χ1) is 9.69. The van der Waals surface area contributed by atoms with Gasteiger partial charge in [0.2, 0.25) is 0 Å². The van der Waals surface area contributed by atoms with Crippen LogP contribution in [-0.2, 0) is 9.53 Å². The lowest BCUT2D eigenvalue weighted by atomic mass is 10.1. The maximum absolute atomic E-state index is 11.9. The Bertz CT molecular complexity index is 611. The molecule has 4 nitrogen and oxygen atoms in total. The molecule has 0 aromatic heterocycles. The molecule has 0 saturated heterocycles. The zero-order valence-electron chi connectivity index (χ0n) is 11.2. The van der Waals surface area contributed by atoms with E-state index >= 15 is 0 Å². The molecule has 0 unspecified atom stereocenters. The van der Waals surface area contributed by atoms with E-state index in [1.54, 1.807) is 31.2 Å². The summed E-state index contributed by atoms with van der Waals surface area (Å²) in [5, 5.41) is 3.59. The van der Waals surface area contributed by atoms with Gasteiger partial charge in [0.15, 0.2) is 0 Å². The number of nitrogens with two attached hydrogens (primary N) is 1. The van der Waals surface area contributed by atoms with Gasteiger partial charge in [-0.3, -0.25) is 0 Å². The fourth-order valence-electron chi connectivity index (χ4n) is 1.74. The molecular weight excluding hydrogens is 252 g/mol. The van der Waals surface area contributed by atoms with Gasteiger partial charge in [0.25, 0.3) is 0 Å². The Kier molecular flexibility index (Phi) is 4.50. The lowest BCUT2D eigenvalue weighted by molar-refractivity contribution is -0.134. The number of hydrogen-bond acceptors (Lipinski definition) is 4. The molecule has 1 aliphatic carbocycles. The topological polar surface area (TPSA) is 64.7 Å². The average molecular weight is 268 g/mol. The lowest BCUT2D eigenvalue weighted by Crippen LogP contribution is -2.08. The monoisotopic (exact) mass is 268 g/mol. The molecule has 0 saturated carbocycles. The molecule has 2 rings (SSSR count). The Balaban J connectivity index is 2.01. The van der Waals surface area contributed by atoms with E-state index in [2.05, 4.69) is 5.10 Å². The molecule has 0 aliphatic heterocycles. The van der Waals surface area contributed by atoms with E-state index in [0.29, 0.717) is 17.8 Å². The number of carbonyl (C=O) groups excluding carboxylic acids is 1. The third kappa shape index (κ3) is 3.68. The van der Waals surface area contributed by atoms with Gasteiger partial charge in [-0.15, -0.1) is 0 Å². The van der Waals surface area contributed by atoms with E-state index in [1.165, 1.54) is 0 Å². The van der Waals surface area contributed by atoms with E-state index in [1.807, 2.05) is 30.3 Å². The van der Waals surface area contributed by atoms with E-state index in [0.717, 1.165) is 11.3 Å². The van der Waals surface area contributed by atoms with Crippen LogP contribution in [0, 0.1) is 0 Å². The summed E-state index contributed by atoms with van der Waals surface area (Å²) in [6, 6.07) is 9.63. The number of hydrogen-bond donors (Lipinski definition) is 1. The van der Waals surface area contributed by atoms with Crippen molar-refractivity contribution in [2.75, 3.05) is 0 Å². The summed E-state index contributed by atoms with van der Waals surface area (Å²) in [4.78, 5) is 11.9. The summed E-state index contributed by atoms with van der Waals surface area (Å²) in [5.41, 5.74) is 2.26. The Labute approximate surface area is 117 Å². The quantitative estimate of drug-likeness (QED) is 0.397. The molecule has 20 heavy (non-hydrogen) atoms. The largest absolute Gasteiger partial charge is 0.424 e. The van der Waals surface area contributed by atoms with E-state index < -0.39 is 0 Å². The van der Waals surface area contributed by atoms with Crippen molar-refractivity contribution in [1.29, 1.82) is 0 Å². The minimum atomic E-state index is -0.363. The summed E-state index contributed by atoms with van der Waals surface area (Å²) in [6.45, 7) is 1.73. The molecule has 1 aromatic carbocycles. The van der Waals surface area contributed by atoms with Gasteiger partial charge in [0, 0.05) is 12.0 Å². The molecule has 0 spiro atoms.